The van der Waals surface area contributed by atoms with Crippen LogP contribution < -0.4 is 4.74 Å². The molecule has 0 saturated carbocycles. The molecule has 0 N–H and O–H groups in total. The highest BCUT2D eigenvalue weighted by Gasteiger charge is 2.36. The maximum atomic E-state index is 13.3. The Hall–Kier alpha value is -2.96. The molecule has 2 aliphatic rings. The summed E-state index contributed by atoms with van der Waals surface area (Å²) >= 11 is 0. The van der Waals surface area contributed by atoms with E-state index in [1.807, 2.05) is 36.1 Å². The van der Waals surface area contributed by atoms with Gasteiger partial charge in [-0.1, -0.05) is 6.07 Å². The number of likely N-dealkylation sites (tertiary alicyclic amines) is 2. The van der Waals surface area contributed by atoms with E-state index in [1.54, 1.807) is 13.3 Å². The molecule has 0 unspecified atom stereocenters. The van der Waals surface area contributed by atoms with Gasteiger partial charge in [0, 0.05) is 37.4 Å². The molecule has 7 nitrogen and oxygen atoms in total. The summed E-state index contributed by atoms with van der Waals surface area (Å²) in [6, 6.07) is 7.63. The Morgan fingerprint density at radius 1 is 1.06 bits per heavy atom. The molecular weight excluding hydrogens is 392 g/mol. The fourth-order valence-corrected chi connectivity index (χ4v) is 4.88. The minimum absolute atomic E-state index is 0.00417. The number of aromatic nitrogens is 2. The summed E-state index contributed by atoms with van der Waals surface area (Å²) in [5.74, 6) is 1.20. The van der Waals surface area contributed by atoms with Crippen LogP contribution in [0.2, 0.25) is 0 Å². The number of aryl methyl sites for hydroxylation is 1. The lowest BCUT2D eigenvalue weighted by Gasteiger charge is -2.43. The van der Waals surface area contributed by atoms with Crippen molar-refractivity contribution in [3.05, 3.63) is 53.6 Å². The number of benzene rings is 1. The third kappa shape index (κ3) is 4.55. The predicted octanol–water partition coefficient (Wildman–Crippen LogP) is 3.34. The van der Waals surface area contributed by atoms with Gasteiger partial charge in [-0.2, -0.15) is 0 Å². The van der Waals surface area contributed by atoms with E-state index in [2.05, 4.69) is 14.9 Å². The maximum absolute atomic E-state index is 13.3. The molecule has 0 bridgehead atoms. The van der Waals surface area contributed by atoms with Crippen LogP contribution in [0.3, 0.4) is 0 Å². The maximum Gasteiger partial charge on any atom is 0.257 e. The summed E-state index contributed by atoms with van der Waals surface area (Å²) < 4.78 is 5.30. The molecule has 2 amide bonds. The zero-order valence-electron chi connectivity index (χ0n) is 18.3. The van der Waals surface area contributed by atoms with Crippen molar-refractivity contribution in [2.75, 3.05) is 26.7 Å². The fourth-order valence-electron chi connectivity index (χ4n) is 4.88. The van der Waals surface area contributed by atoms with Gasteiger partial charge in [0.25, 0.3) is 11.8 Å². The number of rotatable bonds is 4. The Bertz CT molecular complexity index is 940. The van der Waals surface area contributed by atoms with Crippen molar-refractivity contribution in [1.82, 2.24) is 19.8 Å². The van der Waals surface area contributed by atoms with E-state index >= 15 is 0 Å². The Kier molecular flexibility index (Phi) is 6.49. The summed E-state index contributed by atoms with van der Waals surface area (Å²) in [5, 5.41) is 0. The third-order valence-electron chi connectivity index (χ3n) is 6.64. The Morgan fingerprint density at radius 3 is 2.61 bits per heavy atom. The van der Waals surface area contributed by atoms with Crippen molar-refractivity contribution in [2.45, 2.75) is 45.1 Å². The number of piperidine rings is 2. The topological polar surface area (TPSA) is 75.6 Å². The largest absolute Gasteiger partial charge is 0.497 e. The van der Waals surface area contributed by atoms with Crippen molar-refractivity contribution in [2.24, 2.45) is 5.92 Å². The Balaban J connectivity index is 1.43. The van der Waals surface area contributed by atoms with E-state index in [1.165, 1.54) is 6.33 Å². The molecule has 1 atom stereocenters. The van der Waals surface area contributed by atoms with Crippen LogP contribution in [0.1, 0.15) is 58.5 Å². The van der Waals surface area contributed by atoms with Gasteiger partial charge in [0.2, 0.25) is 0 Å². The second-order valence-electron chi connectivity index (χ2n) is 8.45. The number of methoxy groups -OCH3 is 1. The average molecular weight is 423 g/mol. The Morgan fingerprint density at radius 2 is 1.87 bits per heavy atom. The molecule has 0 radical (unpaired) electrons. The van der Waals surface area contributed by atoms with Crippen LogP contribution in [-0.4, -0.2) is 64.4 Å². The zero-order valence-corrected chi connectivity index (χ0v) is 18.3. The molecule has 7 heteroatoms. The molecule has 31 heavy (non-hydrogen) atoms. The summed E-state index contributed by atoms with van der Waals surface area (Å²) in [7, 11) is 1.62. The van der Waals surface area contributed by atoms with Crippen LogP contribution in [0.25, 0.3) is 0 Å². The SMILES string of the molecule is COc1cccc(C(=O)N2CCCC[C@H]2C2CCN(C(=O)c3cncnc3C)CC2)c1. The number of hydrogen-bond acceptors (Lipinski definition) is 5. The van der Waals surface area contributed by atoms with E-state index in [0.717, 1.165) is 38.6 Å². The van der Waals surface area contributed by atoms with Crippen molar-refractivity contribution in [3.63, 3.8) is 0 Å². The normalized spacial score (nSPS) is 19.9. The molecule has 1 aromatic heterocycles. The minimum Gasteiger partial charge on any atom is -0.497 e. The minimum atomic E-state index is 0.00417. The lowest BCUT2D eigenvalue weighted by atomic mass is 9.83. The first kappa shape index (κ1) is 21.3. The van der Waals surface area contributed by atoms with E-state index in [0.29, 0.717) is 41.6 Å². The summed E-state index contributed by atoms with van der Waals surface area (Å²) in [5.41, 5.74) is 1.97. The van der Waals surface area contributed by atoms with Gasteiger partial charge in [-0.05, 0) is 63.1 Å². The van der Waals surface area contributed by atoms with E-state index in [9.17, 15) is 9.59 Å². The average Bonchev–Trinajstić information content (AvgIpc) is 2.83. The third-order valence-corrected chi connectivity index (χ3v) is 6.64. The smallest absolute Gasteiger partial charge is 0.257 e. The summed E-state index contributed by atoms with van der Waals surface area (Å²) in [6.07, 6.45) is 8.10. The van der Waals surface area contributed by atoms with Gasteiger partial charge in [-0.15, -0.1) is 0 Å². The van der Waals surface area contributed by atoms with Gasteiger partial charge >= 0.3 is 0 Å². The number of nitrogens with zero attached hydrogens (tertiary/aromatic N) is 4. The van der Waals surface area contributed by atoms with Gasteiger partial charge in [0.15, 0.2) is 0 Å². The van der Waals surface area contributed by atoms with Crippen molar-refractivity contribution >= 4 is 11.8 Å². The Labute approximate surface area is 183 Å². The standard InChI is InChI=1S/C24H30N4O3/c1-17-21(15-25-16-26-17)24(30)27-12-9-18(10-13-27)22-8-3-4-11-28(22)23(29)19-6-5-7-20(14-19)31-2/h5-7,14-16,18,22H,3-4,8-13H2,1-2H3/t22-/m0/s1. The number of hydrogen-bond donors (Lipinski definition) is 0. The lowest BCUT2D eigenvalue weighted by molar-refractivity contribution is 0.0374. The van der Waals surface area contributed by atoms with Crippen LogP contribution in [0, 0.1) is 12.8 Å². The highest BCUT2D eigenvalue weighted by molar-refractivity contribution is 5.95. The molecule has 2 fully saturated rings. The number of amides is 2. The molecule has 3 heterocycles. The lowest BCUT2D eigenvalue weighted by Crippen LogP contribution is -2.51. The van der Waals surface area contributed by atoms with E-state index in [-0.39, 0.29) is 17.9 Å². The van der Waals surface area contributed by atoms with Crippen LogP contribution in [0.5, 0.6) is 5.75 Å². The quantitative estimate of drug-likeness (QED) is 0.755. The first-order valence-electron chi connectivity index (χ1n) is 11.1. The number of ether oxygens (including phenoxy) is 1. The molecule has 2 saturated heterocycles. The van der Waals surface area contributed by atoms with E-state index < -0.39 is 0 Å². The highest BCUT2D eigenvalue weighted by Crippen LogP contribution is 2.32. The van der Waals surface area contributed by atoms with Gasteiger partial charge in [-0.25, -0.2) is 9.97 Å². The molecule has 2 aromatic rings. The molecule has 0 aliphatic carbocycles. The zero-order chi connectivity index (χ0) is 21.8. The monoisotopic (exact) mass is 422 g/mol. The second kappa shape index (κ2) is 9.45. The number of carbonyl (C=O) groups excluding carboxylic acids is 2. The molecule has 1 aromatic carbocycles. The van der Waals surface area contributed by atoms with Crippen LogP contribution in [0.4, 0.5) is 0 Å². The first-order valence-corrected chi connectivity index (χ1v) is 11.1. The van der Waals surface area contributed by atoms with Crippen molar-refractivity contribution in [1.29, 1.82) is 0 Å². The molecule has 2 aliphatic heterocycles. The molecule has 164 valence electrons. The number of carbonyl (C=O) groups is 2. The van der Waals surface area contributed by atoms with Crippen molar-refractivity contribution < 1.29 is 14.3 Å². The first-order chi connectivity index (χ1) is 15.1. The molecular formula is C24H30N4O3. The summed E-state index contributed by atoms with van der Waals surface area (Å²) in [6.45, 7) is 4.04. The predicted molar refractivity (Wildman–Crippen MR) is 117 cm³/mol. The van der Waals surface area contributed by atoms with Crippen LogP contribution >= 0.6 is 0 Å². The van der Waals surface area contributed by atoms with Crippen LogP contribution in [-0.2, 0) is 0 Å². The van der Waals surface area contributed by atoms with Crippen molar-refractivity contribution in [3.8, 4) is 5.75 Å². The van der Waals surface area contributed by atoms with E-state index in [4.69, 9.17) is 4.74 Å². The molecule has 0 spiro atoms. The van der Waals surface area contributed by atoms with Gasteiger partial charge in [0.1, 0.15) is 12.1 Å². The fraction of sp³-hybridized carbons (Fsp3) is 0.500. The summed E-state index contributed by atoms with van der Waals surface area (Å²) in [4.78, 5) is 38.3. The highest BCUT2D eigenvalue weighted by atomic mass is 16.5. The van der Waals surface area contributed by atoms with Crippen LogP contribution in [0.15, 0.2) is 36.8 Å². The second-order valence-corrected chi connectivity index (χ2v) is 8.45. The van der Waals surface area contributed by atoms with Gasteiger partial charge in [0.05, 0.1) is 18.4 Å². The van der Waals surface area contributed by atoms with Gasteiger partial charge < -0.3 is 14.5 Å². The molecule has 4 rings (SSSR count). The van der Waals surface area contributed by atoms with Gasteiger partial charge in [-0.3, -0.25) is 9.59 Å².